The van der Waals surface area contributed by atoms with Gasteiger partial charge in [0.25, 0.3) is 0 Å². The van der Waals surface area contributed by atoms with Crippen LogP contribution < -0.4 is 0 Å². The van der Waals surface area contributed by atoms with Crippen molar-refractivity contribution >= 4 is 0 Å². The van der Waals surface area contributed by atoms with Crippen LogP contribution in [0.4, 0.5) is 0 Å². The van der Waals surface area contributed by atoms with Crippen LogP contribution in [0.3, 0.4) is 0 Å². The van der Waals surface area contributed by atoms with E-state index >= 15 is 0 Å². The fourth-order valence-corrected chi connectivity index (χ4v) is 0.803. The van der Waals surface area contributed by atoms with Crippen LogP contribution in [-0.2, 0) is 4.74 Å². The molecule has 0 aromatic heterocycles. The Hall–Kier alpha value is -0.200. The lowest BCUT2D eigenvalue weighted by molar-refractivity contribution is -0.0268. The minimum Gasteiger partial charge on any atom is -0.396 e. The fraction of sp³-hybridized carbons (Fsp3) is 1.00. The van der Waals surface area contributed by atoms with Crippen LogP contribution in [0, 0.1) is 0 Å². The highest BCUT2D eigenvalue weighted by atomic mass is 16.5. The normalized spacial score (nSPS) is 15.7. The first-order chi connectivity index (χ1) is 6.20. The average molecular weight is 194 g/mol. The molecule has 0 amide bonds. The van der Waals surface area contributed by atoms with Gasteiger partial charge in [-0.2, -0.15) is 0 Å². The smallest absolute Gasteiger partial charge is 0.100 e. The van der Waals surface area contributed by atoms with E-state index in [-0.39, 0.29) is 26.4 Å². The van der Waals surface area contributed by atoms with Crippen molar-refractivity contribution in [3.8, 4) is 0 Å². The Kier molecular flexibility index (Phi) is 8.27. The van der Waals surface area contributed by atoms with Gasteiger partial charge in [-0.25, -0.2) is 0 Å². The second-order valence-corrected chi connectivity index (χ2v) is 2.89. The highest BCUT2D eigenvalue weighted by Gasteiger charge is 2.06. The molecule has 80 valence electrons. The number of hydrogen-bond donors (Lipinski definition) is 4. The van der Waals surface area contributed by atoms with E-state index < -0.39 is 12.2 Å². The Balaban J connectivity index is 3.21. The predicted octanol–water partition coefficient (Wildman–Crippen LogP) is -1.51. The van der Waals surface area contributed by atoms with Crippen molar-refractivity contribution in [3.05, 3.63) is 0 Å². The molecule has 5 heteroatoms. The van der Waals surface area contributed by atoms with Gasteiger partial charge in [-0.1, -0.05) is 0 Å². The Morgan fingerprint density at radius 2 is 1.62 bits per heavy atom. The Bertz CT molecular complexity index is 109. The van der Waals surface area contributed by atoms with Crippen molar-refractivity contribution in [2.45, 2.75) is 25.0 Å². The molecule has 4 N–H and O–H groups in total. The first-order valence-electron chi connectivity index (χ1n) is 4.36. The van der Waals surface area contributed by atoms with Crippen LogP contribution in [0.15, 0.2) is 0 Å². The van der Waals surface area contributed by atoms with Crippen molar-refractivity contribution < 1.29 is 25.2 Å². The molecule has 0 aromatic rings. The molecule has 0 fully saturated rings. The van der Waals surface area contributed by atoms with E-state index in [0.717, 1.165) is 0 Å². The van der Waals surface area contributed by atoms with E-state index in [1.165, 1.54) is 0 Å². The summed E-state index contributed by atoms with van der Waals surface area (Å²) in [5.41, 5.74) is 0. The maximum Gasteiger partial charge on any atom is 0.100 e. The monoisotopic (exact) mass is 194 g/mol. The molecule has 0 saturated heterocycles. The van der Waals surface area contributed by atoms with Crippen LogP contribution >= 0.6 is 0 Å². The van der Waals surface area contributed by atoms with Crippen molar-refractivity contribution in [1.82, 2.24) is 0 Å². The Morgan fingerprint density at radius 1 is 1.00 bits per heavy atom. The third kappa shape index (κ3) is 8.14. The minimum absolute atomic E-state index is 0.0205. The number of aliphatic hydroxyl groups is 4. The number of ether oxygens (including phenoxy) is 1. The van der Waals surface area contributed by atoms with Crippen molar-refractivity contribution in [2.24, 2.45) is 0 Å². The van der Waals surface area contributed by atoms with E-state index in [1.54, 1.807) is 0 Å². The number of hydrogen-bond acceptors (Lipinski definition) is 5. The van der Waals surface area contributed by atoms with Gasteiger partial charge in [-0.15, -0.1) is 0 Å². The summed E-state index contributed by atoms with van der Waals surface area (Å²) >= 11 is 0. The molecule has 5 nitrogen and oxygen atoms in total. The third-order valence-electron chi connectivity index (χ3n) is 1.53. The zero-order chi connectivity index (χ0) is 10.1. The topological polar surface area (TPSA) is 90.2 Å². The van der Waals surface area contributed by atoms with Gasteiger partial charge in [0, 0.05) is 6.61 Å². The quantitative estimate of drug-likeness (QED) is 0.377. The van der Waals surface area contributed by atoms with Crippen LogP contribution in [0.2, 0.25) is 0 Å². The summed E-state index contributed by atoms with van der Waals surface area (Å²) in [5, 5.41) is 34.9. The van der Waals surface area contributed by atoms with Crippen molar-refractivity contribution in [3.63, 3.8) is 0 Å². The predicted molar refractivity (Wildman–Crippen MR) is 46.2 cm³/mol. The van der Waals surface area contributed by atoms with Gasteiger partial charge in [0.05, 0.1) is 25.9 Å². The van der Waals surface area contributed by atoms with Gasteiger partial charge in [-0.05, 0) is 12.8 Å². The number of aliphatic hydroxyl groups excluding tert-OH is 4. The lowest BCUT2D eigenvalue weighted by Crippen LogP contribution is -2.23. The van der Waals surface area contributed by atoms with Gasteiger partial charge in [0.1, 0.15) is 6.10 Å². The largest absolute Gasteiger partial charge is 0.396 e. The standard InChI is InChI=1S/C8H18O5/c9-3-1-2-7(11)5-13-6-8(12)4-10/h7-12H,1-6H2. The molecule has 2 unspecified atom stereocenters. The summed E-state index contributed by atoms with van der Waals surface area (Å²) in [6, 6.07) is 0. The lowest BCUT2D eigenvalue weighted by Gasteiger charge is -2.12. The van der Waals surface area contributed by atoms with Crippen LogP contribution in [0.1, 0.15) is 12.8 Å². The van der Waals surface area contributed by atoms with E-state index in [9.17, 15) is 5.11 Å². The van der Waals surface area contributed by atoms with Crippen LogP contribution in [-0.4, -0.2) is 59.1 Å². The van der Waals surface area contributed by atoms with Gasteiger partial charge in [0.2, 0.25) is 0 Å². The van der Waals surface area contributed by atoms with Gasteiger partial charge < -0.3 is 25.2 Å². The molecular formula is C8H18O5. The molecule has 2 atom stereocenters. The van der Waals surface area contributed by atoms with Gasteiger partial charge >= 0.3 is 0 Å². The van der Waals surface area contributed by atoms with E-state index in [2.05, 4.69) is 0 Å². The fourth-order valence-electron chi connectivity index (χ4n) is 0.803. The van der Waals surface area contributed by atoms with Crippen LogP contribution in [0.25, 0.3) is 0 Å². The second-order valence-electron chi connectivity index (χ2n) is 2.89. The zero-order valence-electron chi connectivity index (χ0n) is 7.59. The highest BCUT2D eigenvalue weighted by Crippen LogP contribution is 1.97. The second kappa shape index (κ2) is 8.40. The van der Waals surface area contributed by atoms with Gasteiger partial charge in [-0.3, -0.25) is 0 Å². The number of rotatable bonds is 8. The van der Waals surface area contributed by atoms with Gasteiger partial charge in [0.15, 0.2) is 0 Å². The molecule has 0 saturated carbocycles. The van der Waals surface area contributed by atoms with E-state index in [4.69, 9.17) is 20.1 Å². The maximum absolute atomic E-state index is 9.19. The summed E-state index contributed by atoms with van der Waals surface area (Å²) in [6.07, 6.45) is -0.484. The van der Waals surface area contributed by atoms with E-state index in [0.29, 0.717) is 12.8 Å². The summed E-state index contributed by atoms with van der Waals surface area (Å²) in [6.45, 7) is -0.146. The summed E-state index contributed by atoms with van der Waals surface area (Å²) in [7, 11) is 0. The average Bonchev–Trinajstić information content (AvgIpc) is 2.14. The molecule has 0 heterocycles. The molecule has 0 aromatic carbocycles. The van der Waals surface area contributed by atoms with E-state index in [1.807, 2.05) is 0 Å². The Labute approximate surface area is 77.6 Å². The zero-order valence-corrected chi connectivity index (χ0v) is 7.59. The first kappa shape index (κ1) is 12.8. The molecule has 0 aliphatic carbocycles. The molecule has 0 aliphatic heterocycles. The SMILES string of the molecule is OCCCC(O)COCC(O)CO. The first-order valence-corrected chi connectivity index (χ1v) is 4.36. The molecule has 13 heavy (non-hydrogen) atoms. The molecule has 0 bridgehead atoms. The summed E-state index contributed by atoms with van der Waals surface area (Å²) < 4.78 is 4.90. The molecule has 0 aliphatic rings. The van der Waals surface area contributed by atoms with Crippen molar-refractivity contribution in [1.29, 1.82) is 0 Å². The third-order valence-corrected chi connectivity index (χ3v) is 1.53. The van der Waals surface area contributed by atoms with Crippen molar-refractivity contribution in [2.75, 3.05) is 26.4 Å². The lowest BCUT2D eigenvalue weighted by atomic mass is 10.2. The molecule has 0 rings (SSSR count). The molecule has 0 spiro atoms. The Morgan fingerprint density at radius 3 is 2.15 bits per heavy atom. The van der Waals surface area contributed by atoms with Crippen LogP contribution in [0.5, 0.6) is 0 Å². The summed E-state index contributed by atoms with van der Waals surface area (Å²) in [5.74, 6) is 0. The minimum atomic E-state index is -0.884. The summed E-state index contributed by atoms with van der Waals surface area (Å²) in [4.78, 5) is 0. The maximum atomic E-state index is 9.19. The molecule has 0 radical (unpaired) electrons. The highest BCUT2D eigenvalue weighted by molar-refractivity contribution is 4.55. The molecular weight excluding hydrogens is 176 g/mol.